The van der Waals surface area contributed by atoms with Crippen LogP contribution < -0.4 is 5.32 Å². The Morgan fingerprint density at radius 2 is 2.44 bits per heavy atom. The molecule has 0 aliphatic rings. The third-order valence-corrected chi connectivity index (χ3v) is 3.05. The molecule has 0 aliphatic heterocycles. The molecule has 5 heteroatoms. The first-order valence-corrected chi connectivity index (χ1v) is 6.80. The van der Waals surface area contributed by atoms with Gasteiger partial charge in [-0.3, -0.25) is 0 Å². The molecular weight excluding hydrogens is 222 g/mol. The first kappa shape index (κ1) is 13.5. The summed E-state index contributed by atoms with van der Waals surface area (Å²) < 4.78 is 7.11. The van der Waals surface area contributed by atoms with Crippen LogP contribution in [0.5, 0.6) is 0 Å². The standard InChI is InChI=1S/C11H21N3OS/c1-3-16-7-5-14-9-11(13-10-14)8-12-4-6-15-2/h9-10,12H,3-8H2,1-2H3. The lowest BCUT2D eigenvalue weighted by molar-refractivity contribution is 0.199. The van der Waals surface area contributed by atoms with Gasteiger partial charge in [-0.2, -0.15) is 11.8 Å². The molecule has 1 aromatic rings. The van der Waals surface area contributed by atoms with Crippen molar-refractivity contribution in [2.24, 2.45) is 0 Å². The molecule has 16 heavy (non-hydrogen) atoms. The molecule has 0 fully saturated rings. The molecule has 1 rings (SSSR count). The Morgan fingerprint density at radius 1 is 1.56 bits per heavy atom. The third kappa shape index (κ3) is 5.53. The highest BCUT2D eigenvalue weighted by Crippen LogP contribution is 2.02. The van der Waals surface area contributed by atoms with Gasteiger partial charge < -0.3 is 14.6 Å². The lowest BCUT2D eigenvalue weighted by Crippen LogP contribution is -2.18. The normalized spacial score (nSPS) is 10.9. The molecule has 0 spiro atoms. The summed E-state index contributed by atoms with van der Waals surface area (Å²) in [4.78, 5) is 4.34. The fourth-order valence-corrected chi connectivity index (χ4v) is 1.95. The Balaban J connectivity index is 2.17. The zero-order chi connectivity index (χ0) is 11.6. The molecule has 0 amide bonds. The van der Waals surface area contributed by atoms with E-state index in [0.29, 0.717) is 0 Å². The van der Waals surface area contributed by atoms with Crippen LogP contribution in [0.3, 0.4) is 0 Å². The predicted octanol–water partition coefficient (Wildman–Crippen LogP) is 1.37. The molecule has 0 bridgehead atoms. The molecule has 1 heterocycles. The Labute approximate surface area is 102 Å². The second-order valence-corrected chi connectivity index (χ2v) is 4.86. The zero-order valence-electron chi connectivity index (χ0n) is 10.1. The second-order valence-electron chi connectivity index (χ2n) is 3.47. The number of nitrogens with one attached hydrogen (secondary N) is 1. The second kappa shape index (κ2) is 8.61. The van der Waals surface area contributed by atoms with E-state index in [1.807, 2.05) is 18.1 Å². The predicted molar refractivity (Wildman–Crippen MR) is 68.8 cm³/mol. The molecule has 0 atom stereocenters. The van der Waals surface area contributed by atoms with E-state index in [0.717, 1.165) is 37.7 Å². The number of aromatic nitrogens is 2. The SMILES string of the molecule is CCSCCn1cnc(CNCCOC)c1. The molecule has 0 radical (unpaired) electrons. The van der Waals surface area contributed by atoms with Crippen LogP contribution in [-0.2, 0) is 17.8 Å². The van der Waals surface area contributed by atoms with Crippen LogP contribution in [0.4, 0.5) is 0 Å². The molecule has 1 N–H and O–H groups in total. The van der Waals surface area contributed by atoms with E-state index >= 15 is 0 Å². The number of rotatable bonds is 9. The lowest BCUT2D eigenvalue weighted by atomic mass is 10.4. The van der Waals surface area contributed by atoms with E-state index in [-0.39, 0.29) is 0 Å². The van der Waals surface area contributed by atoms with Gasteiger partial charge in [0.2, 0.25) is 0 Å². The molecule has 0 saturated heterocycles. The summed E-state index contributed by atoms with van der Waals surface area (Å²) in [6.07, 6.45) is 4.01. The Hall–Kier alpha value is -0.520. The highest BCUT2D eigenvalue weighted by atomic mass is 32.2. The van der Waals surface area contributed by atoms with Crippen molar-refractivity contribution < 1.29 is 4.74 Å². The summed E-state index contributed by atoms with van der Waals surface area (Å²) in [6, 6.07) is 0. The average Bonchev–Trinajstić information content (AvgIpc) is 2.73. The van der Waals surface area contributed by atoms with Crippen molar-refractivity contribution in [2.75, 3.05) is 31.8 Å². The van der Waals surface area contributed by atoms with Crippen molar-refractivity contribution >= 4 is 11.8 Å². The molecule has 0 unspecified atom stereocenters. The maximum absolute atomic E-state index is 4.96. The molecule has 1 aromatic heterocycles. The van der Waals surface area contributed by atoms with Crippen LogP contribution in [-0.4, -0.2) is 41.3 Å². The number of thioether (sulfide) groups is 1. The quantitative estimate of drug-likeness (QED) is 0.665. The number of nitrogens with zero attached hydrogens (tertiary/aromatic N) is 2. The van der Waals surface area contributed by atoms with Gasteiger partial charge in [-0.15, -0.1) is 0 Å². The van der Waals surface area contributed by atoms with Crippen LogP contribution >= 0.6 is 11.8 Å². The van der Waals surface area contributed by atoms with Crippen LogP contribution in [0.25, 0.3) is 0 Å². The van der Waals surface area contributed by atoms with Crippen LogP contribution in [0.1, 0.15) is 12.6 Å². The number of hydrogen-bond donors (Lipinski definition) is 1. The van der Waals surface area contributed by atoms with Crippen LogP contribution in [0.15, 0.2) is 12.5 Å². The first-order chi connectivity index (χ1) is 7.86. The number of aryl methyl sites for hydroxylation is 1. The van der Waals surface area contributed by atoms with Gasteiger partial charge in [-0.25, -0.2) is 4.98 Å². The van der Waals surface area contributed by atoms with E-state index in [9.17, 15) is 0 Å². The zero-order valence-corrected chi connectivity index (χ0v) is 10.9. The molecular formula is C11H21N3OS. The maximum Gasteiger partial charge on any atom is 0.0950 e. The fraction of sp³-hybridized carbons (Fsp3) is 0.727. The lowest BCUT2D eigenvalue weighted by Gasteiger charge is -2.01. The van der Waals surface area contributed by atoms with Crippen LogP contribution in [0.2, 0.25) is 0 Å². The minimum absolute atomic E-state index is 0.744. The van der Waals surface area contributed by atoms with Crippen LogP contribution in [0, 0.1) is 0 Å². The summed E-state index contributed by atoms with van der Waals surface area (Å²) in [5.74, 6) is 2.34. The van der Waals surface area contributed by atoms with Gasteiger partial charge in [0.1, 0.15) is 0 Å². The number of ether oxygens (including phenoxy) is 1. The smallest absolute Gasteiger partial charge is 0.0950 e. The van der Waals surface area contributed by atoms with Gasteiger partial charge >= 0.3 is 0 Å². The number of hydrogen-bond acceptors (Lipinski definition) is 4. The summed E-state index contributed by atoms with van der Waals surface area (Å²) >= 11 is 1.96. The largest absolute Gasteiger partial charge is 0.383 e. The van der Waals surface area contributed by atoms with E-state index in [2.05, 4.69) is 28.0 Å². The van der Waals surface area contributed by atoms with Gasteiger partial charge in [0, 0.05) is 38.7 Å². The van der Waals surface area contributed by atoms with Gasteiger partial charge in [-0.05, 0) is 5.75 Å². The first-order valence-electron chi connectivity index (χ1n) is 5.65. The number of imidazole rings is 1. The highest BCUT2D eigenvalue weighted by molar-refractivity contribution is 7.99. The van der Waals surface area contributed by atoms with E-state index in [1.54, 1.807) is 7.11 Å². The Kier molecular flexibility index (Phi) is 7.29. The summed E-state index contributed by atoms with van der Waals surface area (Å²) in [5.41, 5.74) is 1.10. The number of methoxy groups -OCH3 is 1. The summed E-state index contributed by atoms with van der Waals surface area (Å²) in [6.45, 7) is 5.66. The van der Waals surface area contributed by atoms with Gasteiger partial charge in [-0.1, -0.05) is 6.92 Å². The summed E-state index contributed by atoms with van der Waals surface area (Å²) in [5, 5.41) is 3.28. The molecule has 92 valence electrons. The maximum atomic E-state index is 4.96. The minimum Gasteiger partial charge on any atom is -0.383 e. The van der Waals surface area contributed by atoms with Crippen molar-refractivity contribution in [2.45, 2.75) is 20.0 Å². The highest BCUT2D eigenvalue weighted by Gasteiger charge is 1.98. The van der Waals surface area contributed by atoms with Gasteiger partial charge in [0.05, 0.1) is 18.6 Å². The van der Waals surface area contributed by atoms with Gasteiger partial charge in [0.25, 0.3) is 0 Å². The van der Waals surface area contributed by atoms with Crippen molar-refractivity contribution in [3.05, 3.63) is 18.2 Å². The molecule has 0 saturated carbocycles. The van der Waals surface area contributed by atoms with E-state index in [4.69, 9.17) is 4.74 Å². The van der Waals surface area contributed by atoms with Crippen molar-refractivity contribution in [3.63, 3.8) is 0 Å². The molecule has 0 aromatic carbocycles. The molecule has 0 aliphatic carbocycles. The Bertz CT molecular complexity index is 278. The van der Waals surface area contributed by atoms with Gasteiger partial charge in [0.15, 0.2) is 0 Å². The summed E-state index contributed by atoms with van der Waals surface area (Å²) in [7, 11) is 1.71. The fourth-order valence-electron chi connectivity index (χ4n) is 1.32. The average molecular weight is 243 g/mol. The molecule has 4 nitrogen and oxygen atoms in total. The monoisotopic (exact) mass is 243 g/mol. The van der Waals surface area contributed by atoms with E-state index < -0.39 is 0 Å². The minimum atomic E-state index is 0.744. The third-order valence-electron chi connectivity index (χ3n) is 2.17. The van der Waals surface area contributed by atoms with Crippen molar-refractivity contribution in [3.8, 4) is 0 Å². The Morgan fingerprint density at radius 3 is 3.19 bits per heavy atom. The topological polar surface area (TPSA) is 39.1 Å². The van der Waals surface area contributed by atoms with Crippen molar-refractivity contribution in [1.82, 2.24) is 14.9 Å². The van der Waals surface area contributed by atoms with E-state index in [1.165, 1.54) is 5.75 Å². The van der Waals surface area contributed by atoms with Crippen molar-refractivity contribution in [1.29, 1.82) is 0 Å².